The summed E-state index contributed by atoms with van der Waals surface area (Å²) >= 11 is 3.55. The van der Waals surface area contributed by atoms with Gasteiger partial charge in [-0.1, -0.05) is 6.07 Å². The van der Waals surface area contributed by atoms with Crippen molar-refractivity contribution in [1.29, 1.82) is 0 Å². The first-order valence-electron chi connectivity index (χ1n) is 6.09. The SMILES string of the molecule is Cn1c(CCNC2CC2)nc2c(Br)cccc21. The molecule has 1 N–H and O–H groups in total. The lowest BCUT2D eigenvalue weighted by Crippen LogP contribution is -2.20. The van der Waals surface area contributed by atoms with E-state index in [1.54, 1.807) is 0 Å². The predicted octanol–water partition coefficient (Wildman–Crippen LogP) is 2.63. The molecule has 1 aliphatic rings. The number of halogens is 1. The molecule has 0 amide bonds. The first kappa shape index (κ1) is 11.2. The quantitative estimate of drug-likeness (QED) is 0.939. The van der Waals surface area contributed by atoms with Gasteiger partial charge in [0.05, 0.1) is 5.52 Å². The Hall–Kier alpha value is -0.870. The van der Waals surface area contributed by atoms with Crippen LogP contribution in [-0.4, -0.2) is 22.1 Å². The van der Waals surface area contributed by atoms with Crippen LogP contribution in [-0.2, 0) is 13.5 Å². The molecule has 2 aromatic rings. The zero-order valence-corrected chi connectivity index (χ0v) is 11.5. The summed E-state index contributed by atoms with van der Waals surface area (Å²) in [7, 11) is 2.09. The Morgan fingerprint density at radius 2 is 2.29 bits per heavy atom. The first-order valence-corrected chi connectivity index (χ1v) is 6.88. The summed E-state index contributed by atoms with van der Waals surface area (Å²) in [5.74, 6) is 1.15. The largest absolute Gasteiger partial charge is 0.331 e. The topological polar surface area (TPSA) is 29.9 Å². The summed E-state index contributed by atoms with van der Waals surface area (Å²) in [5, 5.41) is 3.53. The Morgan fingerprint density at radius 3 is 3.00 bits per heavy atom. The lowest BCUT2D eigenvalue weighted by Gasteiger charge is -2.03. The Balaban J connectivity index is 1.83. The normalized spacial score (nSPS) is 15.6. The molecule has 1 aromatic carbocycles. The van der Waals surface area contributed by atoms with Crippen LogP contribution in [0.25, 0.3) is 11.0 Å². The summed E-state index contributed by atoms with van der Waals surface area (Å²) in [6.45, 7) is 1.03. The van der Waals surface area contributed by atoms with Gasteiger partial charge in [-0.05, 0) is 40.9 Å². The van der Waals surface area contributed by atoms with Crippen LogP contribution in [0.2, 0.25) is 0 Å². The Morgan fingerprint density at radius 1 is 1.47 bits per heavy atom. The van der Waals surface area contributed by atoms with E-state index < -0.39 is 0 Å². The van der Waals surface area contributed by atoms with Gasteiger partial charge in [-0.15, -0.1) is 0 Å². The van der Waals surface area contributed by atoms with Crippen molar-refractivity contribution in [2.24, 2.45) is 7.05 Å². The maximum Gasteiger partial charge on any atom is 0.110 e. The van der Waals surface area contributed by atoms with Crippen molar-refractivity contribution in [2.75, 3.05) is 6.54 Å². The molecule has 0 radical (unpaired) electrons. The van der Waals surface area contributed by atoms with E-state index in [0.29, 0.717) is 0 Å². The van der Waals surface area contributed by atoms with Gasteiger partial charge in [-0.3, -0.25) is 0 Å². The zero-order chi connectivity index (χ0) is 11.8. The minimum absolute atomic E-state index is 0.774. The molecular weight excluding hydrogens is 278 g/mol. The van der Waals surface area contributed by atoms with Gasteiger partial charge >= 0.3 is 0 Å². The third-order valence-electron chi connectivity index (χ3n) is 3.31. The third kappa shape index (κ3) is 2.24. The minimum atomic E-state index is 0.774. The van der Waals surface area contributed by atoms with Crippen molar-refractivity contribution in [3.63, 3.8) is 0 Å². The fourth-order valence-electron chi connectivity index (χ4n) is 2.13. The second-order valence-corrected chi connectivity index (χ2v) is 5.53. The number of rotatable bonds is 4. The molecule has 4 heteroatoms. The van der Waals surface area contributed by atoms with Gasteiger partial charge < -0.3 is 9.88 Å². The number of nitrogens with zero attached hydrogens (tertiary/aromatic N) is 2. The molecule has 0 saturated heterocycles. The lowest BCUT2D eigenvalue weighted by atomic mass is 10.3. The highest BCUT2D eigenvalue weighted by atomic mass is 79.9. The van der Waals surface area contributed by atoms with Gasteiger partial charge in [0.25, 0.3) is 0 Å². The summed E-state index contributed by atoms with van der Waals surface area (Å²) in [6.07, 6.45) is 3.68. The molecule has 1 aromatic heterocycles. The van der Waals surface area contributed by atoms with Crippen molar-refractivity contribution in [2.45, 2.75) is 25.3 Å². The second-order valence-electron chi connectivity index (χ2n) is 4.67. The van der Waals surface area contributed by atoms with E-state index in [2.05, 4.69) is 45.0 Å². The molecule has 0 bridgehead atoms. The number of hydrogen-bond acceptors (Lipinski definition) is 2. The van der Waals surface area contributed by atoms with E-state index in [4.69, 9.17) is 4.98 Å². The number of benzene rings is 1. The van der Waals surface area contributed by atoms with Gasteiger partial charge in [0.2, 0.25) is 0 Å². The highest BCUT2D eigenvalue weighted by Crippen LogP contribution is 2.24. The number of nitrogens with one attached hydrogen (secondary N) is 1. The molecule has 0 unspecified atom stereocenters. The molecule has 1 heterocycles. The molecule has 3 nitrogen and oxygen atoms in total. The molecule has 1 saturated carbocycles. The molecular formula is C13H16BrN3. The van der Waals surface area contributed by atoms with E-state index in [9.17, 15) is 0 Å². The van der Waals surface area contributed by atoms with Gasteiger partial charge in [0, 0.05) is 30.5 Å². The van der Waals surface area contributed by atoms with Crippen LogP contribution >= 0.6 is 15.9 Å². The van der Waals surface area contributed by atoms with Crippen LogP contribution in [0.1, 0.15) is 18.7 Å². The molecule has 0 aliphatic heterocycles. The number of para-hydroxylation sites is 1. The summed E-state index contributed by atoms with van der Waals surface area (Å²) < 4.78 is 3.27. The molecule has 1 aliphatic carbocycles. The zero-order valence-electron chi connectivity index (χ0n) is 9.91. The number of hydrogen-bond donors (Lipinski definition) is 1. The van der Waals surface area contributed by atoms with Crippen LogP contribution < -0.4 is 5.32 Å². The summed E-state index contributed by atoms with van der Waals surface area (Å²) in [6, 6.07) is 6.99. The van der Waals surface area contributed by atoms with E-state index in [1.165, 1.54) is 18.4 Å². The van der Waals surface area contributed by atoms with Gasteiger partial charge in [-0.25, -0.2) is 4.98 Å². The van der Waals surface area contributed by atoms with Crippen molar-refractivity contribution in [3.05, 3.63) is 28.5 Å². The van der Waals surface area contributed by atoms with Gasteiger partial charge in [0.1, 0.15) is 11.3 Å². The number of aromatic nitrogens is 2. The Bertz CT molecular complexity index is 543. The average molecular weight is 294 g/mol. The highest BCUT2D eigenvalue weighted by Gasteiger charge is 2.20. The van der Waals surface area contributed by atoms with E-state index in [-0.39, 0.29) is 0 Å². The average Bonchev–Trinajstić information content (AvgIpc) is 3.07. The first-order chi connectivity index (χ1) is 8.25. The van der Waals surface area contributed by atoms with Crippen LogP contribution in [0.5, 0.6) is 0 Å². The van der Waals surface area contributed by atoms with Crippen molar-refractivity contribution >= 4 is 27.0 Å². The lowest BCUT2D eigenvalue weighted by molar-refractivity contribution is 0.654. The van der Waals surface area contributed by atoms with E-state index in [1.807, 2.05) is 6.07 Å². The smallest absolute Gasteiger partial charge is 0.110 e. The molecule has 0 spiro atoms. The van der Waals surface area contributed by atoms with Crippen LogP contribution in [0.4, 0.5) is 0 Å². The third-order valence-corrected chi connectivity index (χ3v) is 3.95. The molecule has 3 rings (SSSR count). The Labute approximate surface area is 109 Å². The Kier molecular flexibility index (Phi) is 2.92. The van der Waals surface area contributed by atoms with E-state index in [0.717, 1.165) is 34.8 Å². The van der Waals surface area contributed by atoms with Crippen LogP contribution in [0.15, 0.2) is 22.7 Å². The molecule has 0 atom stereocenters. The van der Waals surface area contributed by atoms with Gasteiger partial charge in [0.15, 0.2) is 0 Å². The highest BCUT2D eigenvalue weighted by molar-refractivity contribution is 9.10. The van der Waals surface area contributed by atoms with E-state index >= 15 is 0 Å². The molecule has 90 valence electrons. The maximum atomic E-state index is 4.71. The molecule has 17 heavy (non-hydrogen) atoms. The summed E-state index contributed by atoms with van der Waals surface area (Å²) in [4.78, 5) is 4.71. The number of aryl methyl sites for hydroxylation is 1. The monoisotopic (exact) mass is 293 g/mol. The summed E-state index contributed by atoms with van der Waals surface area (Å²) in [5.41, 5.74) is 2.26. The van der Waals surface area contributed by atoms with Crippen molar-refractivity contribution in [1.82, 2.24) is 14.9 Å². The number of fused-ring (bicyclic) bond motifs is 1. The fourth-order valence-corrected chi connectivity index (χ4v) is 2.57. The minimum Gasteiger partial charge on any atom is -0.331 e. The fraction of sp³-hybridized carbons (Fsp3) is 0.462. The second kappa shape index (κ2) is 4.42. The predicted molar refractivity (Wildman–Crippen MR) is 73.1 cm³/mol. The maximum absolute atomic E-state index is 4.71. The van der Waals surface area contributed by atoms with Crippen LogP contribution in [0, 0.1) is 0 Å². The van der Waals surface area contributed by atoms with Crippen molar-refractivity contribution < 1.29 is 0 Å². The standard InChI is InChI=1S/C13H16BrN3/c1-17-11-4-2-3-10(14)13(11)16-12(17)7-8-15-9-5-6-9/h2-4,9,15H,5-8H2,1H3. The molecule has 1 fully saturated rings. The van der Waals surface area contributed by atoms with Gasteiger partial charge in [-0.2, -0.15) is 0 Å². The number of imidazole rings is 1. The van der Waals surface area contributed by atoms with Crippen LogP contribution in [0.3, 0.4) is 0 Å². The van der Waals surface area contributed by atoms with Crippen molar-refractivity contribution in [3.8, 4) is 0 Å².